The van der Waals surface area contributed by atoms with Crippen LogP contribution in [0.5, 0.6) is 0 Å². The Bertz CT molecular complexity index is 1070. The molecule has 0 spiro atoms. The maximum atomic E-state index is 12.4. The van der Waals surface area contributed by atoms with Crippen LogP contribution in [0.2, 0.25) is 0 Å². The lowest BCUT2D eigenvalue weighted by atomic mass is 10.1. The van der Waals surface area contributed by atoms with Crippen LogP contribution in [0.15, 0.2) is 65.3 Å². The first kappa shape index (κ1) is 16.0. The first-order chi connectivity index (χ1) is 12.7. The molecule has 0 aliphatic carbocycles. The van der Waals surface area contributed by atoms with Gasteiger partial charge >= 0.3 is 0 Å². The number of aryl methyl sites for hydroxylation is 1. The lowest BCUT2D eigenvalue weighted by Crippen LogP contribution is -2.13. The van der Waals surface area contributed by atoms with Crippen LogP contribution in [0.25, 0.3) is 22.3 Å². The van der Waals surface area contributed by atoms with E-state index in [4.69, 9.17) is 4.52 Å². The Morgan fingerprint density at radius 1 is 1.08 bits per heavy atom. The van der Waals surface area contributed by atoms with E-state index in [1.807, 2.05) is 48.5 Å². The van der Waals surface area contributed by atoms with Crippen LogP contribution in [-0.4, -0.2) is 21.0 Å². The predicted octanol–water partition coefficient (Wildman–Crippen LogP) is 4.10. The summed E-state index contributed by atoms with van der Waals surface area (Å²) in [4.78, 5) is 20.9. The van der Waals surface area contributed by atoms with Gasteiger partial charge in [-0.15, -0.1) is 0 Å². The molecule has 6 nitrogen and oxygen atoms in total. The fourth-order valence-corrected chi connectivity index (χ4v) is 2.62. The quantitative estimate of drug-likeness (QED) is 0.603. The van der Waals surface area contributed by atoms with E-state index in [1.54, 1.807) is 6.07 Å². The van der Waals surface area contributed by atoms with E-state index in [0.717, 1.165) is 17.5 Å². The van der Waals surface area contributed by atoms with Crippen molar-refractivity contribution in [3.63, 3.8) is 0 Å². The summed E-state index contributed by atoms with van der Waals surface area (Å²) in [6.07, 6.45) is 2.42. The summed E-state index contributed by atoms with van der Waals surface area (Å²) in [6.45, 7) is 2.11. The second-order valence-electron chi connectivity index (χ2n) is 5.82. The number of carbonyl (C=O) groups excluding carboxylic acids is 1. The van der Waals surface area contributed by atoms with Crippen molar-refractivity contribution >= 4 is 22.8 Å². The Morgan fingerprint density at radius 3 is 2.62 bits per heavy atom. The zero-order valence-corrected chi connectivity index (χ0v) is 14.1. The van der Waals surface area contributed by atoms with Gasteiger partial charge in [-0.05, 0) is 24.1 Å². The van der Waals surface area contributed by atoms with Gasteiger partial charge in [0.2, 0.25) is 5.88 Å². The molecule has 2 aromatic carbocycles. The van der Waals surface area contributed by atoms with Crippen LogP contribution in [0.3, 0.4) is 0 Å². The van der Waals surface area contributed by atoms with Gasteiger partial charge < -0.3 is 4.52 Å². The fourth-order valence-electron chi connectivity index (χ4n) is 2.62. The molecule has 1 N–H and O–H groups in total. The molecule has 6 heteroatoms. The third-order valence-electron chi connectivity index (χ3n) is 4.09. The van der Waals surface area contributed by atoms with Crippen molar-refractivity contribution in [1.82, 2.24) is 15.1 Å². The SMILES string of the molecule is CCc1ccc(-c2cc(NC(=O)c3cnc4ccccc4n3)on2)cc1. The van der Waals surface area contributed by atoms with Crippen molar-refractivity contribution < 1.29 is 9.32 Å². The van der Waals surface area contributed by atoms with Crippen LogP contribution in [0, 0.1) is 0 Å². The zero-order chi connectivity index (χ0) is 17.9. The van der Waals surface area contributed by atoms with Crippen molar-refractivity contribution in [1.29, 1.82) is 0 Å². The first-order valence-corrected chi connectivity index (χ1v) is 8.32. The van der Waals surface area contributed by atoms with E-state index >= 15 is 0 Å². The van der Waals surface area contributed by atoms with Gasteiger partial charge in [0.1, 0.15) is 11.4 Å². The van der Waals surface area contributed by atoms with E-state index < -0.39 is 5.91 Å². The number of amides is 1. The van der Waals surface area contributed by atoms with Crippen LogP contribution >= 0.6 is 0 Å². The molecule has 4 aromatic rings. The predicted molar refractivity (Wildman–Crippen MR) is 98.8 cm³/mol. The highest BCUT2D eigenvalue weighted by molar-refractivity contribution is 6.02. The number of benzene rings is 2. The lowest BCUT2D eigenvalue weighted by molar-refractivity contribution is 0.101. The minimum atomic E-state index is -0.396. The monoisotopic (exact) mass is 344 g/mol. The van der Waals surface area contributed by atoms with E-state index in [-0.39, 0.29) is 11.6 Å². The Balaban J connectivity index is 1.53. The topological polar surface area (TPSA) is 80.9 Å². The van der Waals surface area contributed by atoms with Crippen molar-refractivity contribution in [2.45, 2.75) is 13.3 Å². The van der Waals surface area contributed by atoms with Crippen LogP contribution < -0.4 is 5.32 Å². The van der Waals surface area contributed by atoms with Gasteiger partial charge in [0.05, 0.1) is 17.2 Å². The minimum Gasteiger partial charge on any atom is -0.338 e. The average Bonchev–Trinajstić information content (AvgIpc) is 3.16. The van der Waals surface area contributed by atoms with E-state index in [2.05, 4.69) is 27.4 Å². The van der Waals surface area contributed by atoms with Crippen LogP contribution in [0.4, 0.5) is 5.88 Å². The molecule has 0 fully saturated rings. The molecule has 0 saturated heterocycles. The Labute approximate surface area is 149 Å². The van der Waals surface area contributed by atoms with Gasteiger partial charge in [-0.3, -0.25) is 15.1 Å². The molecular formula is C20H16N4O2. The van der Waals surface area contributed by atoms with Crippen LogP contribution in [-0.2, 0) is 6.42 Å². The minimum absolute atomic E-state index is 0.217. The average molecular weight is 344 g/mol. The normalized spacial score (nSPS) is 10.8. The highest BCUT2D eigenvalue weighted by atomic mass is 16.5. The molecule has 0 unspecified atom stereocenters. The number of hydrogen-bond donors (Lipinski definition) is 1. The molecular weight excluding hydrogens is 328 g/mol. The highest BCUT2D eigenvalue weighted by Gasteiger charge is 2.13. The number of anilines is 1. The summed E-state index contributed by atoms with van der Waals surface area (Å²) >= 11 is 0. The lowest BCUT2D eigenvalue weighted by Gasteiger charge is -2.01. The molecule has 0 bridgehead atoms. The van der Waals surface area contributed by atoms with Gasteiger partial charge in [-0.2, -0.15) is 0 Å². The second-order valence-corrected chi connectivity index (χ2v) is 5.82. The molecule has 4 rings (SSSR count). The number of nitrogens with zero attached hydrogens (tertiary/aromatic N) is 3. The summed E-state index contributed by atoms with van der Waals surface area (Å²) in [7, 11) is 0. The molecule has 0 atom stereocenters. The summed E-state index contributed by atoms with van der Waals surface area (Å²) in [6, 6.07) is 17.1. The van der Waals surface area contributed by atoms with E-state index in [9.17, 15) is 4.79 Å². The zero-order valence-electron chi connectivity index (χ0n) is 14.1. The molecule has 1 amide bonds. The molecule has 0 aliphatic heterocycles. The number of hydrogen-bond acceptors (Lipinski definition) is 5. The van der Waals surface area contributed by atoms with Crippen molar-refractivity contribution in [3.05, 3.63) is 72.1 Å². The molecule has 26 heavy (non-hydrogen) atoms. The smallest absolute Gasteiger partial charge is 0.278 e. The largest absolute Gasteiger partial charge is 0.338 e. The van der Waals surface area contributed by atoms with Gasteiger partial charge in [0.15, 0.2) is 0 Å². The van der Waals surface area contributed by atoms with Gasteiger partial charge in [-0.1, -0.05) is 48.5 Å². The molecule has 2 aromatic heterocycles. The van der Waals surface area contributed by atoms with Crippen LogP contribution in [0.1, 0.15) is 23.0 Å². The van der Waals surface area contributed by atoms with Crippen molar-refractivity contribution in [3.8, 4) is 11.3 Å². The Morgan fingerprint density at radius 2 is 1.85 bits per heavy atom. The summed E-state index contributed by atoms with van der Waals surface area (Å²) in [5.41, 5.74) is 4.45. The molecule has 128 valence electrons. The molecule has 0 saturated carbocycles. The summed E-state index contributed by atoms with van der Waals surface area (Å²) in [5, 5.41) is 6.68. The summed E-state index contributed by atoms with van der Waals surface area (Å²) < 4.78 is 5.23. The Kier molecular flexibility index (Phi) is 4.15. The first-order valence-electron chi connectivity index (χ1n) is 8.32. The van der Waals surface area contributed by atoms with E-state index in [1.165, 1.54) is 11.8 Å². The van der Waals surface area contributed by atoms with Gasteiger partial charge in [0, 0.05) is 11.6 Å². The van der Waals surface area contributed by atoms with Crippen molar-refractivity contribution in [2.75, 3.05) is 5.32 Å². The maximum Gasteiger partial charge on any atom is 0.278 e. The fraction of sp³-hybridized carbons (Fsp3) is 0.100. The number of aromatic nitrogens is 3. The molecule has 0 aliphatic rings. The Hall–Kier alpha value is -3.54. The second kappa shape index (κ2) is 6.76. The van der Waals surface area contributed by atoms with E-state index in [0.29, 0.717) is 11.2 Å². The van der Waals surface area contributed by atoms with Crippen molar-refractivity contribution in [2.24, 2.45) is 0 Å². The standard InChI is InChI=1S/C20H16N4O2/c1-2-13-7-9-14(10-8-13)17-11-19(26-24-17)23-20(25)18-12-21-15-5-3-4-6-16(15)22-18/h3-12H,2H2,1H3,(H,23,25). The number of carbonyl (C=O) groups is 1. The summed E-state index contributed by atoms with van der Waals surface area (Å²) in [5.74, 6) is -0.133. The third-order valence-corrected chi connectivity index (χ3v) is 4.09. The number of para-hydroxylation sites is 2. The van der Waals surface area contributed by atoms with Gasteiger partial charge in [-0.25, -0.2) is 4.98 Å². The number of nitrogens with one attached hydrogen (secondary N) is 1. The number of rotatable bonds is 4. The molecule has 0 radical (unpaired) electrons. The number of fused-ring (bicyclic) bond motifs is 1. The third kappa shape index (κ3) is 3.17. The maximum absolute atomic E-state index is 12.4. The van der Waals surface area contributed by atoms with Gasteiger partial charge in [0.25, 0.3) is 5.91 Å². The highest BCUT2D eigenvalue weighted by Crippen LogP contribution is 2.22. The molecule has 2 heterocycles.